The summed E-state index contributed by atoms with van der Waals surface area (Å²) >= 11 is 2.27. The van der Waals surface area contributed by atoms with Crippen LogP contribution in [0.4, 0.5) is 0 Å². The predicted molar refractivity (Wildman–Crippen MR) is 152 cm³/mol. The lowest BCUT2D eigenvalue weighted by Crippen LogP contribution is -2.23. The zero-order valence-electron chi connectivity index (χ0n) is 21.5. The number of furan rings is 1. The van der Waals surface area contributed by atoms with Crippen molar-refractivity contribution < 1.29 is 23.4 Å². The van der Waals surface area contributed by atoms with E-state index in [4.69, 9.17) is 18.6 Å². The third-order valence-electron chi connectivity index (χ3n) is 5.59. The van der Waals surface area contributed by atoms with Gasteiger partial charge in [0, 0.05) is 17.5 Å². The van der Waals surface area contributed by atoms with E-state index in [1.165, 1.54) is 6.33 Å². The number of nitrogens with zero attached hydrogens (tertiary/aromatic N) is 2. The zero-order valence-corrected chi connectivity index (χ0v) is 23.7. The summed E-state index contributed by atoms with van der Waals surface area (Å²) in [7, 11) is 1.64. The molecule has 0 aliphatic carbocycles. The smallest absolute Gasteiger partial charge is 0.306 e. The summed E-state index contributed by atoms with van der Waals surface area (Å²) in [6, 6.07) is 17.7. The zero-order chi connectivity index (χ0) is 26.4. The van der Waals surface area contributed by atoms with Gasteiger partial charge in [0.1, 0.15) is 28.8 Å². The fraction of sp³-hybridized carbons (Fsp3) is 0.345. The van der Waals surface area contributed by atoms with Gasteiger partial charge in [-0.25, -0.2) is 9.97 Å². The first-order valence-electron chi connectivity index (χ1n) is 12.2. The van der Waals surface area contributed by atoms with Crippen molar-refractivity contribution in [2.75, 3.05) is 7.11 Å². The van der Waals surface area contributed by atoms with Crippen LogP contribution >= 0.6 is 22.6 Å². The first kappa shape index (κ1) is 26.9. The van der Waals surface area contributed by atoms with Crippen molar-refractivity contribution >= 4 is 39.7 Å². The number of alkyl halides is 1. The Labute approximate surface area is 230 Å². The Bertz CT molecular complexity index is 1330. The maximum absolute atomic E-state index is 12.0. The number of rotatable bonds is 10. The van der Waals surface area contributed by atoms with Gasteiger partial charge in [0.25, 0.3) is 0 Å². The number of ether oxygens (including phenoxy) is 3. The molecule has 0 saturated carbocycles. The maximum Gasteiger partial charge on any atom is 0.306 e. The molecule has 2 aromatic carbocycles. The van der Waals surface area contributed by atoms with E-state index in [9.17, 15) is 4.79 Å². The van der Waals surface area contributed by atoms with Crippen LogP contribution in [-0.4, -0.2) is 32.8 Å². The average Bonchev–Trinajstić information content (AvgIpc) is 3.27. The standard InChI is InChI=1S/C29H31IN2O5/c1-29(2,3)37-23(33)13-9-8-12-22(30)35-27-25-24(19-14-16-21(34-4)17-15-19)26(20-10-6-5-7-11-20)36-28(25)32-18-31-27/h5-7,10-11,14-18,22H,8-9,12-13H2,1-4H3/t22-/m1/s1. The van der Waals surface area contributed by atoms with Crippen molar-refractivity contribution in [2.45, 2.75) is 56.2 Å². The van der Waals surface area contributed by atoms with Crippen LogP contribution in [0.25, 0.3) is 33.6 Å². The van der Waals surface area contributed by atoms with Crippen molar-refractivity contribution in [3.05, 3.63) is 60.9 Å². The van der Waals surface area contributed by atoms with Crippen LogP contribution in [0.3, 0.4) is 0 Å². The van der Waals surface area contributed by atoms with Crippen LogP contribution in [0, 0.1) is 0 Å². The van der Waals surface area contributed by atoms with Gasteiger partial charge in [-0.2, -0.15) is 0 Å². The minimum absolute atomic E-state index is 0.145. The Kier molecular flexibility index (Phi) is 8.68. The van der Waals surface area contributed by atoms with Gasteiger partial charge >= 0.3 is 5.97 Å². The molecule has 7 nitrogen and oxygen atoms in total. The molecule has 0 fully saturated rings. The molecule has 0 aliphatic heterocycles. The van der Waals surface area contributed by atoms with E-state index in [-0.39, 0.29) is 10.1 Å². The summed E-state index contributed by atoms with van der Waals surface area (Å²) in [4.78, 5) is 20.9. The molecule has 0 bridgehead atoms. The van der Waals surface area contributed by atoms with Crippen molar-refractivity contribution in [2.24, 2.45) is 0 Å². The second-order valence-electron chi connectivity index (χ2n) is 9.62. The lowest BCUT2D eigenvalue weighted by atomic mass is 9.99. The van der Waals surface area contributed by atoms with Gasteiger partial charge in [-0.15, -0.1) is 0 Å². The third-order valence-corrected chi connectivity index (χ3v) is 6.47. The molecular weight excluding hydrogens is 583 g/mol. The predicted octanol–water partition coefficient (Wildman–Crippen LogP) is 7.61. The van der Waals surface area contributed by atoms with E-state index in [1.807, 2.05) is 75.4 Å². The van der Waals surface area contributed by atoms with Gasteiger partial charge in [-0.1, -0.05) is 42.5 Å². The topological polar surface area (TPSA) is 83.7 Å². The maximum atomic E-state index is 12.0. The highest BCUT2D eigenvalue weighted by molar-refractivity contribution is 14.1. The molecule has 37 heavy (non-hydrogen) atoms. The number of carbonyl (C=O) groups excluding carboxylic acids is 1. The molecular formula is C29H31IN2O5. The van der Waals surface area contributed by atoms with Gasteiger partial charge in [0.15, 0.2) is 4.11 Å². The Hall–Kier alpha value is -3.14. The number of unbranched alkanes of at least 4 members (excludes halogenated alkanes) is 1. The largest absolute Gasteiger partial charge is 0.497 e. The van der Waals surface area contributed by atoms with Crippen LogP contribution in [-0.2, 0) is 9.53 Å². The molecule has 1 atom stereocenters. The molecule has 194 valence electrons. The van der Waals surface area contributed by atoms with E-state index in [1.54, 1.807) is 7.11 Å². The number of benzene rings is 2. The van der Waals surface area contributed by atoms with Crippen molar-refractivity contribution in [1.82, 2.24) is 9.97 Å². The van der Waals surface area contributed by atoms with Gasteiger partial charge in [-0.3, -0.25) is 4.79 Å². The molecule has 0 N–H and O–H groups in total. The number of hydrogen-bond acceptors (Lipinski definition) is 7. The van der Waals surface area contributed by atoms with Gasteiger partial charge in [-0.05, 0) is 80.3 Å². The monoisotopic (exact) mass is 614 g/mol. The second kappa shape index (κ2) is 11.9. The SMILES string of the molecule is COc1ccc(-c2c(-c3ccccc3)oc3ncnc(O[C@@H](I)CCCCC(=O)OC(C)(C)C)c23)cc1. The normalized spacial score (nSPS) is 12.4. The highest BCUT2D eigenvalue weighted by Crippen LogP contribution is 2.44. The van der Waals surface area contributed by atoms with Gasteiger partial charge in [0.2, 0.25) is 11.6 Å². The summed E-state index contributed by atoms with van der Waals surface area (Å²) in [5.74, 6) is 1.76. The van der Waals surface area contributed by atoms with Crippen molar-refractivity contribution in [3.8, 4) is 34.1 Å². The van der Waals surface area contributed by atoms with Crippen LogP contribution < -0.4 is 9.47 Å². The molecule has 0 amide bonds. The molecule has 0 spiro atoms. The Morgan fingerprint density at radius 2 is 1.73 bits per heavy atom. The number of fused-ring (bicyclic) bond motifs is 1. The number of methoxy groups -OCH3 is 1. The minimum Gasteiger partial charge on any atom is -0.497 e. The van der Waals surface area contributed by atoms with Crippen LogP contribution in [0.2, 0.25) is 0 Å². The number of carbonyl (C=O) groups is 1. The summed E-state index contributed by atoms with van der Waals surface area (Å²) < 4.78 is 23.2. The summed E-state index contributed by atoms with van der Waals surface area (Å²) in [5.41, 5.74) is 2.75. The number of esters is 1. The van der Waals surface area contributed by atoms with Crippen LogP contribution in [0.5, 0.6) is 11.6 Å². The lowest BCUT2D eigenvalue weighted by molar-refractivity contribution is -0.154. The van der Waals surface area contributed by atoms with Gasteiger partial charge in [0.05, 0.1) is 7.11 Å². The fourth-order valence-electron chi connectivity index (χ4n) is 3.97. The van der Waals surface area contributed by atoms with Crippen molar-refractivity contribution in [3.63, 3.8) is 0 Å². The lowest BCUT2D eigenvalue weighted by Gasteiger charge is -2.19. The van der Waals surface area contributed by atoms with E-state index in [0.717, 1.165) is 47.1 Å². The molecule has 8 heteroatoms. The quantitative estimate of drug-likeness (QED) is 0.0787. The summed E-state index contributed by atoms with van der Waals surface area (Å²) in [6.07, 6.45) is 4.17. The highest BCUT2D eigenvalue weighted by Gasteiger charge is 2.24. The Morgan fingerprint density at radius 3 is 2.41 bits per heavy atom. The van der Waals surface area contributed by atoms with E-state index >= 15 is 0 Å². The molecule has 4 rings (SSSR count). The van der Waals surface area contributed by atoms with E-state index in [0.29, 0.717) is 23.8 Å². The second-order valence-corrected chi connectivity index (χ2v) is 11.0. The third kappa shape index (κ3) is 7.00. The highest BCUT2D eigenvalue weighted by atomic mass is 127. The molecule has 0 aliphatic rings. The van der Waals surface area contributed by atoms with E-state index < -0.39 is 5.60 Å². The van der Waals surface area contributed by atoms with Crippen molar-refractivity contribution in [1.29, 1.82) is 0 Å². The first-order valence-corrected chi connectivity index (χ1v) is 13.5. The number of aromatic nitrogens is 2. The van der Waals surface area contributed by atoms with Gasteiger partial charge < -0.3 is 18.6 Å². The summed E-state index contributed by atoms with van der Waals surface area (Å²) in [6.45, 7) is 5.63. The average molecular weight is 614 g/mol. The summed E-state index contributed by atoms with van der Waals surface area (Å²) in [5, 5.41) is 0.724. The van der Waals surface area contributed by atoms with Crippen LogP contribution in [0.15, 0.2) is 65.3 Å². The molecule has 2 aromatic heterocycles. The Balaban J connectivity index is 1.58. The van der Waals surface area contributed by atoms with Crippen LogP contribution in [0.1, 0.15) is 46.5 Å². The molecule has 4 aromatic rings. The minimum atomic E-state index is -0.463. The Morgan fingerprint density at radius 1 is 1.00 bits per heavy atom. The first-order chi connectivity index (χ1) is 17.7. The molecule has 0 radical (unpaired) electrons. The number of halogens is 1. The van der Waals surface area contributed by atoms with E-state index in [2.05, 4.69) is 32.6 Å². The molecule has 0 saturated heterocycles. The molecule has 2 heterocycles. The molecule has 0 unspecified atom stereocenters. The number of hydrogen-bond donors (Lipinski definition) is 0. The fourth-order valence-corrected chi connectivity index (χ4v) is 4.65.